The van der Waals surface area contributed by atoms with Crippen LogP contribution in [0.25, 0.3) is 0 Å². The van der Waals surface area contributed by atoms with Gasteiger partial charge in [0, 0.05) is 16.3 Å². The molecule has 0 aromatic heterocycles. The monoisotopic (exact) mass is 329 g/mol. The zero-order valence-corrected chi connectivity index (χ0v) is 12.9. The fourth-order valence-corrected chi connectivity index (χ4v) is 2.98. The fraction of sp³-hybridized carbons (Fsp3) is 0.250. The van der Waals surface area contributed by atoms with Gasteiger partial charge in [-0.2, -0.15) is 13.2 Å². The van der Waals surface area contributed by atoms with Crippen LogP contribution in [0.5, 0.6) is 0 Å². The Labute approximate surface area is 130 Å². The molecule has 1 nitrogen and oxygen atoms in total. The van der Waals surface area contributed by atoms with E-state index in [9.17, 15) is 17.6 Å². The number of hydrogen-bond acceptors (Lipinski definition) is 2. The molecule has 0 aliphatic carbocycles. The SMILES string of the molecule is CN(C)Cc1ccc(F)cc1Sc1cccc(C(F)(F)F)c1. The molecule has 0 N–H and O–H groups in total. The number of hydrogen-bond donors (Lipinski definition) is 0. The van der Waals surface area contributed by atoms with E-state index < -0.39 is 17.6 Å². The molecule has 0 heterocycles. The lowest BCUT2D eigenvalue weighted by Crippen LogP contribution is -2.11. The van der Waals surface area contributed by atoms with Gasteiger partial charge >= 0.3 is 6.18 Å². The first-order valence-electron chi connectivity index (χ1n) is 6.54. The van der Waals surface area contributed by atoms with Crippen LogP contribution >= 0.6 is 11.8 Å². The molecule has 2 aromatic carbocycles. The molecule has 6 heteroatoms. The van der Waals surface area contributed by atoms with Crippen LogP contribution in [0.2, 0.25) is 0 Å². The Morgan fingerprint density at radius 2 is 1.77 bits per heavy atom. The van der Waals surface area contributed by atoms with Crippen molar-refractivity contribution >= 4 is 11.8 Å². The second kappa shape index (κ2) is 6.71. The van der Waals surface area contributed by atoms with Crippen LogP contribution in [0.4, 0.5) is 17.6 Å². The second-order valence-electron chi connectivity index (χ2n) is 5.12. The van der Waals surface area contributed by atoms with Gasteiger partial charge in [0.25, 0.3) is 0 Å². The average molecular weight is 329 g/mol. The highest BCUT2D eigenvalue weighted by Gasteiger charge is 2.30. The van der Waals surface area contributed by atoms with Crippen molar-refractivity contribution in [3.05, 3.63) is 59.4 Å². The van der Waals surface area contributed by atoms with Crippen molar-refractivity contribution in [3.8, 4) is 0 Å². The quantitative estimate of drug-likeness (QED) is 0.722. The number of halogens is 4. The highest BCUT2D eigenvalue weighted by atomic mass is 32.2. The van der Waals surface area contributed by atoms with E-state index in [0.29, 0.717) is 16.3 Å². The molecular weight excluding hydrogens is 314 g/mol. The van der Waals surface area contributed by atoms with Crippen molar-refractivity contribution in [1.29, 1.82) is 0 Å². The van der Waals surface area contributed by atoms with Gasteiger partial charge in [0.2, 0.25) is 0 Å². The summed E-state index contributed by atoms with van der Waals surface area (Å²) in [6.07, 6.45) is -4.38. The maximum Gasteiger partial charge on any atom is 0.416 e. The second-order valence-corrected chi connectivity index (χ2v) is 6.23. The van der Waals surface area contributed by atoms with E-state index in [0.717, 1.165) is 29.5 Å². The van der Waals surface area contributed by atoms with Gasteiger partial charge in [-0.3, -0.25) is 0 Å². The van der Waals surface area contributed by atoms with Crippen molar-refractivity contribution in [3.63, 3.8) is 0 Å². The van der Waals surface area contributed by atoms with E-state index >= 15 is 0 Å². The molecule has 0 unspecified atom stereocenters. The molecule has 0 aliphatic rings. The number of rotatable bonds is 4. The standard InChI is InChI=1S/C16H15F4NS/c1-21(2)10-11-6-7-13(17)9-15(11)22-14-5-3-4-12(8-14)16(18,19)20/h3-9H,10H2,1-2H3. The van der Waals surface area contributed by atoms with E-state index in [4.69, 9.17) is 0 Å². The molecular formula is C16H15F4NS. The van der Waals surface area contributed by atoms with Crippen molar-refractivity contribution in [2.75, 3.05) is 14.1 Å². The Bertz CT molecular complexity index is 653. The van der Waals surface area contributed by atoms with Crippen LogP contribution in [-0.2, 0) is 12.7 Å². The lowest BCUT2D eigenvalue weighted by molar-refractivity contribution is -0.137. The van der Waals surface area contributed by atoms with E-state index in [1.54, 1.807) is 12.1 Å². The zero-order chi connectivity index (χ0) is 16.3. The Kier molecular flexibility index (Phi) is 5.13. The smallest absolute Gasteiger partial charge is 0.305 e. The summed E-state index contributed by atoms with van der Waals surface area (Å²) in [5.74, 6) is -0.406. The minimum Gasteiger partial charge on any atom is -0.305 e. The first-order valence-corrected chi connectivity index (χ1v) is 7.35. The maximum atomic E-state index is 13.4. The number of nitrogens with zero attached hydrogens (tertiary/aromatic N) is 1. The topological polar surface area (TPSA) is 3.24 Å². The van der Waals surface area contributed by atoms with Gasteiger partial charge < -0.3 is 4.90 Å². The molecule has 0 aliphatic heterocycles. The number of benzene rings is 2. The van der Waals surface area contributed by atoms with Crippen LogP contribution < -0.4 is 0 Å². The third-order valence-corrected chi connectivity index (χ3v) is 3.99. The molecule has 0 bridgehead atoms. The summed E-state index contributed by atoms with van der Waals surface area (Å²) in [5, 5.41) is 0. The molecule has 2 aromatic rings. The molecule has 0 saturated heterocycles. The van der Waals surface area contributed by atoms with E-state index in [1.807, 2.05) is 19.0 Å². The third kappa shape index (κ3) is 4.48. The van der Waals surface area contributed by atoms with E-state index in [1.165, 1.54) is 18.2 Å². The highest BCUT2D eigenvalue weighted by molar-refractivity contribution is 7.99. The van der Waals surface area contributed by atoms with Gasteiger partial charge in [0.05, 0.1) is 5.56 Å². The summed E-state index contributed by atoms with van der Waals surface area (Å²) in [6.45, 7) is 0.585. The van der Waals surface area contributed by atoms with Crippen LogP contribution in [0.1, 0.15) is 11.1 Å². The summed E-state index contributed by atoms with van der Waals surface area (Å²) in [6, 6.07) is 9.41. The average Bonchev–Trinajstić information content (AvgIpc) is 2.41. The molecule has 0 saturated carbocycles. The van der Waals surface area contributed by atoms with Crippen molar-refractivity contribution < 1.29 is 17.6 Å². The van der Waals surface area contributed by atoms with Gasteiger partial charge in [-0.1, -0.05) is 23.9 Å². The van der Waals surface area contributed by atoms with Crippen LogP contribution in [0.15, 0.2) is 52.3 Å². The third-order valence-electron chi connectivity index (χ3n) is 2.90. The zero-order valence-electron chi connectivity index (χ0n) is 12.1. The molecule has 0 spiro atoms. The summed E-state index contributed by atoms with van der Waals surface area (Å²) in [7, 11) is 3.75. The Morgan fingerprint density at radius 3 is 2.41 bits per heavy atom. The first-order chi connectivity index (χ1) is 10.3. The summed E-state index contributed by atoms with van der Waals surface area (Å²) in [4.78, 5) is 2.97. The van der Waals surface area contributed by atoms with Crippen molar-refractivity contribution in [2.45, 2.75) is 22.5 Å². The molecule has 22 heavy (non-hydrogen) atoms. The Hall–Kier alpha value is -1.53. The first kappa shape index (κ1) is 16.8. The lowest BCUT2D eigenvalue weighted by Gasteiger charge is -2.14. The van der Waals surface area contributed by atoms with Crippen LogP contribution in [-0.4, -0.2) is 19.0 Å². The Balaban J connectivity index is 2.32. The van der Waals surface area contributed by atoms with Gasteiger partial charge in [-0.05, 0) is 50.0 Å². The molecule has 0 atom stereocenters. The lowest BCUT2D eigenvalue weighted by atomic mass is 10.2. The van der Waals surface area contributed by atoms with E-state index in [2.05, 4.69) is 0 Å². The number of alkyl halides is 3. The van der Waals surface area contributed by atoms with Gasteiger partial charge in [-0.25, -0.2) is 4.39 Å². The molecule has 118 valence electrons. The van der Waals surface area contributed by atoms with Gasteiger partial charge in [0.1, 0.15) is 5.82 Å². The van der Waals surface area contributed by atoms with E-state index in [-0.39, 0.29) is 0 Å². The maximum absolute atomic E-state index is 13.4. The molecule has 2 rings (SSSR count). The van der Waals surface area contributed by atoms with Gasteiger partial charge in [-0.15, -0.1) is 0 Å². The molecule has 0 fully saturated rings. The van der Waals surface area contributed by atoms with Crippen molar-refractivity contribution in [1.82, 2.24) is 4.90 Å². The predicted octanol–water partition coefficient (Wildman–Crippen LogP) is 5.06. The predicted molar refractivity (Wildman–Crippen MR) is 79.4 cm³/mol. The largest absolute Gasteiger partial charge is 0.416 e. The molecule has 0 amide bonds. The van der Waals surface area contributed by atoms with Crippen molar-refractivity contribution in [2.24, 2.45) is 0 Å². The van der Waals surface area contributed by atoms with Crippen LogP contribution in [0, 0.1) is 5.82 Å². The minimum atomic E-state index is -4.38. The normalized spacial score (nSPS) is 12.0. The fourth-order valence-electron chi connectivity index (χ4n) is 1.96. The molecule has 0 radical (unpaired) electrons. The summed E-state index contributed by atoms with van der Waals surface area (Å²) in [5.41, 5.74) is 0.164. The Morgan fingerprint density at radius 1 is 1.05 bits per heavy atom. The minimum absolute atomic E-state index is 0.406. The highest BCUT2D eigenvalue weighted by Crippen LogP contribution is 2.36. The van der Waals surface area contributed by atoms with Crippen LogP contribution in [0.3, 0.4) is 0 Å². The summed E-state index contributed by atoms with van der Waals surface area (Å²) >= 11 is 1.13. The van der Waals surface area contributed by atoms with Gasteiger partial charge in [0.15, 0.2) is 0 Å². The summed E-state index contributed by atoms with van der Waals surface area (Å²) < 4.78 is 51.7.